The molecular formula is C15H21ClFNO2. The van der Waals surface area contributed by atoms with Crippen molar-refractivity contribution >= 4 is 11.6 Å². The fourth-order valence-electron chi connectivity index (χ4n) is 2.45. The molecule has 0 aliphatic carbocycles. The van der Waals surface area contributed by atoms with Crippen molar-refractivity contribution in [3.63, 3.8) is 0 Å². The maximum atomic E-state index is 13.2. The Labute approximate surface area is 124 Å². The first-order chi connectivity index (χ1) is 9.47. The maximum absolute atomic E-state index is 13.2. The fourth-order valence-corrected chi connectivity index (χ4v) is 2.65. The zero-order chi connectivity index (χ0) is 14.7. The van der Waals surface area contributed by atoms with Crippen LogP contribution in [0.25, 0.3) is 0 Å². The van der Waals surface area contributed by atoms with Gasteiger partial charge in [-0.1, -0.05) is 11.6 Å². The minimum atomic E-state index is -0.684. The van der Waals surface area contributed by atoms with Crippen molar-refractivity contribution < 1.29 is 14.2 Å². The zero-order valence-electron chi connectivity index (χ0n) is 11.9. The third kappa shape index (κ3) is 3.92. The second-order valence-electron chi connectivity index (χ2n) is 5.51. The number of hydrogen-bond acceptors (Lipinski definition) is 3. The van der Waals surface area contributed by atoms with Crippen LogP contribution in [0.2, 0.25) is 5.02 Å². The van der Waals surface area contributed by atoms with E-state index in [-0.39, 0.29) is 11.9 Å². The fraction of sp³-hybridized carbons (Fsp3) is 0.600. The van der Waals surface area contributed by atoms with Gasteiger partial charge < -0.3 is 9.84 Å². The number of morpholine rings is 1. The molecule has 2 atom stereocenters. The minimum Gasteiger partial charge on any atom is -0.390 e. The van der Waals surface area contributed by atoms with Gasteiger partial charge in [0.05, 0.1) is 18.8 Å². The van der Waals surface area contributed by atoms with Crippen LogP contribution in [-0.4, -0.2) is 48.0 Å². The predicted octanol–water partition coefficient (Wildman–Crippen LogP) is 2.49. The van der Waals surface area contributed by atoms with E-state index >= 15 is 0 Å². The van der Waals surface area contributed by atoms with Crippen LogP contribution >= 0.6 is 11.6 Å². The molecule has 0 amide bonds. The van der Waals surface area contributed by atoms with Gasteiger partial charge in [-0.15, -0.1) is 0 Å². The van der Waals surface area contributed by atoms with Crippen molar-refractivity contribution in [2.24, 2.45) is 0 Å². The molecule has 1 aromatic rings. The van der Waals surface area contributed by atoms with Crippen molar-refractivity contribution in [2.75, 3.05) is 19.7 Å². The van der Waals surface area contributed by atoms with Gasteiger partial charge in [-0.3, -0.25) is 4.90 Å². The van der Waals surface area contributed by atoms with Crippen LogP contribution in [0.5, 0.6) is 0 Å². The van der Waals surface area contributed by atoms with Crippen molar-refractivity contribution in [1.82, 2.24) is 4.90 Å². The van der Waals surface area contributed by atoms with Gasteiger partial charge in [0.2, 0.25) is 0 Å². The minimum absolute atomic E-state index is 0.259. The Kier molecular flexibility index (Phi) is 5.38. The summed E-state index contributed by atoms with van der Waals surface area (Å²) in [5.41, 5.74) is 0.615. The number of hydrogen-bond donors (Lipinski definition) is 1. The van der Waals surface area contributed by atoms with Crippen LogP contribution in [0.15, 0.2) is 18.2 Å². The number of benzene rings is 1. The van der Waals surface area contributed by atoms with Crippen LogP contribution < -0.4 is 0 Å². The first-order valence-electron chi connectivity index (χ1n) is 6.95. The molecule has 1 fully saturated rings. The lowest BCUT2D eigenvalue weighted by Crippen LogP contribution is -2.50. The SMILES string of the molecule is CC(C)N1CCOC(C(O)Cc2cc(F)ccc2Cl)C1. The molecule has 1 heterocycles. The number of rotatable bonds is 4. The number of aliphatic hydroxyl groups excluding tert-OH is 1. The van der Waals surface area contributed by atoms with Crippen molar-refractivity contribution in [2.45, 2.75) is 38.5 Å². The van der Waals surface area contributed by atoms with Gasteiger partial charge in [-0.25, -0.2) is 4.39 Å². The summed E-state index contributed by atoms with van der Waals surface area (Å²) < 4.78 is 18.9. The molecule has 1 aliphatic rings. The van der Waals surface area contributed by atoms with E-state index in [9.17, 15) is 9.50 Å². The summed E-state index contributed by atoms with van der Waals surface area (Å²) in [4.78, 5) is 2.27. The largest absolute Gasteiger partial charge is 0.390 e. The molecule has 2 unspecified atom stereocenters. The highest BCUT2D eigenvalue weighted by atomic mass is 35.5. The first-order valence-corrected chi connectivity index (χ1v) is 7.33. The van der Waals surface area contributed by atoms with Gasteiger partial charge in [0.15, 0.2) is 0 Å². The van der Waals surface area contributed by atoms with Gasteiger partial charge in [0, 0.05) is 30.6 Å². The Hall–Kier alpha value is -0.680. The average molecular weight is 302 g/mol. The highest BCUT2D eigenvalue weighted by Gasteiger charge is 2.28. The molecule has 1 aromatic carbocycles. The van der Waals surface area contributed by atoms with Gasteiger partial charge in [0.1, 0.15) is 5.82 Å². The lowest BCUT2D eigenvalue weighted by molar-refractivity contribution is -0.0940. The van der Waals surface area contributed by atoms with E-state index in [0.29, 0.717) is 36.2 Å². The number of aliphatic hydroxyl groups is 1. The molecule has 1 N–H and O–H groups in total. The van der Waals surface area contributed by atoms with Crippen molar-refractivity contribution in [3.8, 4) is 0 Å². The summed E-state index contributed by atoms with van der Waals surface area (Å²) in [5.74, 6) is -0.343. The van der Waals surface area contributed by atoms with E-state index in [1.54, 1.807) is 0 Å². The van der Waals surface area contributed by atoms with Gasteiger partial charge in [0.25, 0.3) is 0 Å². The van der Waals surface area contributed by atoms with E-state index in [2.05, 4.69) is 18.7 Å². The molecule has 0 aromatic heterocycles. The summed E-state index contributed by atoms with van der Waals surface area (Å²) >= 11 is 6.03. The Morgan fingerprint density at radius 2 is 2.25 bits per heavy atom. The van der Waals surface area contributed by atoms with Crippen molar-refractivity contribution in [3.05, 3.63) is 34.6 Å². The molecule has 2 rings (SSSR count). The second-order valence-corrected chi connectivity index (χ2v) is 5.91. The molecular weight excluding hydrogens is 281 g/mol. The van der Waals surface area contributed by atoms with Crippen LogP contribution in [0.4, 0.5) is 4.39 Å². The standard InChI is InChI=1S/C15H21ClFNO2/c1-10(2)18-5-6-20-15(9-18)14(19)8-11-7-12(17)3-4-13(11)16/h3-4,7,10,14-15,19H,5-6,8-9H2,1-2H3. The second kappa shape index (κ2) is 6.85. The monoisotopic (exact) mass is 301 g/mol. The van der Waals surface area contributed by atoms with Crippen LogP contribution in [-0.2, 0) is 11.2 Å². The van der Waals surface area contributed by atoms with Crippen LogP contribution in [0.1, 0.15) is 19.4 Å². The van der Waals surface area contributed by atoms with Gasteiger partial charge >= 0.3 is 0 Å². The Balaban J connectivity index is 2.00. The summed E-state index contributed by atoms with van der Waals surface area (Å²) in [7, 11) is 0. The zero-order valence-corrected chi connectivity index (χ0v) is 12.6. The highest BCUT2D eigenvalue weighted by molar-refractivity contribution is 6.31. The Morgan fingerprint density at radius 3 is 2.95 bits per heavy atom. The number of nitrogens with zero attached hydrogens (tertiary/aromatic N) is 1. The molecule has 1 aliphatic heterocycles. The molecule has 3 nitrogen and oxygen atoms in total. The summed E-state index contributed by atoms with van der Waals surface area (Å²) in [5, 5.41) is 10.8. The lowest BCUT2D eigenvalue weighted by atomic mass is 10.0. The molecule has 0 spiro atoms. The van der Waals surface area contributed by atoms with E-state index < -0.39 is 6.10 Å². The Morgan fingerprint density at radius 1 is 1.50 bits per heavy atom. The van der Waals surface area contributed by atoms with Crippen molar-refractivity contribution in [1.29, 1.82) is 0 Å². The molecule has 0 saturated carbocycles. The lowest BCUT2D eigenvalue weighted by Gasteiger charge is -2.37. The molecule has 5 heteroatoms. The first kappa shape index (κ1) is 15.7. The van der Waals surface area contributed by atoms with E-state index in [1.165, 1.54) is 18.2 Å². The van der Waals surface area contributed by atoms with E-state index in [4.69, 9.17) is 16.3 Å². The summed E-state index contributed by atoms with van der Waals surface area (Å²) in [6.07, 6.45) is -0.644. The predicted molar refractivity (Wildman–Crippen MR) is 77.6 cm³/mol. The summed E-state index contributed by atoms with van der Waals surface area (Å²) in [6, 6.07) is 4.62. The average Bonchev–Trinajstić information content (AvgIpc) is 2.43. The Bertz CT molecular complexity index is 455. The number of ether oxygens (including phenoxy) is 1. The normalized spacial score (nSPS) is 22.2. The molecule has 1 saturated heterocycles. The van der Waals surface area contributed by atoms with Crippen LogP contribution in [0, 0.1) is 5.82 Å². The smallest absolute Gasteiger partial charge is 0.123 e. The third-order valence-electron chi connectivity index (χ3n) is 3.72. The van der Waals surface area contributed by atoms with Gasteiger partial charge in [-0.05, 0) is 37.6 Å². The maximum Gasteiger partial charge on any atom is 0.123 e. The van der Waals surface area contributed by atoms with Crippen LogP contribution in [0.3, 0.4) is 0 Å². The highest BCUT2D eigenvalue weighted by Crippen LogP contribution is 2.21. The molecule has 0 bridgehead atoms. The topological polar surface area (TPSA) is 32.7 Å². The molecule has 112 valence electrons. The third-order valence-corrected chi connectivity index (χ3v) is 4.09. The van der Waals surface area contributed by atoms with Gasteiger partial charge in [-0.2, -0.15) is 0 Å². The molecule has 20 heavy (non-hydrogen) atoms. The van der Waals surface area contributed by atoms with E-state index in [1.807, 2.05) is 0 Å². The summed E-state index contributed by atoms with van der Waals surface area (Å²) in [6.45, 7) is 6.42. The number of halogens is 2. The quantitative estimate of drug-likeness (QED) is 0.927. The molecule has 0 radical (unpaired) electrons. The van der Waals surface area contributed by atoms with E-state index in [0.717, 1.165) is 6.54 Å².